The highest BCUT2D eigenvalue weighted by Gasteiger charge is 2.36. The molecule has 1 atom stereocenters. The Hall–Kier alpha value is -0.870. The van der Waals surface area contributed by atoms with Gasteiger partial charge in [-0.1, -0.05) is 28.1 Å². The summed E-state index contributed by atoms with van der Waals surface area (Å²) in [6.45, 7) is 3.46. The van der Waals surface area contributed by atoms with Crippen molar-refractivity contribution >= 4 is 21.9 Å². The zero-order valence-corrected chi connectivity index (χ0v) is 11.0. The van der Waals surface area contributed by atoms with Gasteiger partial charge in [-0.05, 0) is 31.5 Å². The molecule has 1 N–H and O–H groups in total. The fraction of sp³-hybridized carbons (Fsp3) is 0.417. The first-order valence-electron chi connectivity index (χ1n) is 5.08. The molecule has 0 radical (unpaired) electrons. The molecule has 0 aliphatic heterocycles. The molecule has 0 aromatic heterocycles. The standard InChI is InChI=1S/C12H15BrO3/c1-3-16-11(15)12(2,8-14)9-4-6-10(13)7-5-9/h4-7,14H,3,8H2,1-2H3/t12-/m1/s1. The lowest BCUT2D eigenvalue weighted by molar-refractivity contribution is -0.151. The van der Waals surface area contributed by atoms with Crippen LogP contribution < -0.4 is 0 Å². The zero-order chi connectivity index (χ0) is 12.2. The average Bonchev–Trinajstić information content (AvgIpc) is 2.29. The van der Waals surface area contributed by atoms with E-state index in [0.717, 1.165) is 10.0 Å². The molecule has 0 unspecified atom stereocenters. The molecule has 1 aromatic rings. The van der Waals surface area contributed by atoms with Crippen LogP contribution in [-0.4, -0.2) is 24.3 Å². The molecule has 1 aromatic carbocycles. The lowest BCUT2D eigenvalue weighted by Gasteiger charge is -2.25. The number of rotatable bonds is 4. The molecule has 4 heteroatoms. The van der Waals surface area contributed by atoms with Gasteiger partial charge in [0, 0.05) is 4.47 Å². The van der Waals surface area contributed by atoms with Crippen LogP contribution in [0.2, 0.25) is 0 Å². The van der Waals surface area contributed by atoms with Gasteiger partial charge < -0.3 is 9.84 Å². The van der Waals surface area contributed by atoms with E-state index in [1.54, 1.807) is 26.0 Å². The number of ether oxygens (including phenoxy) is 1. The number of hydrogen-bond donors (Lipinski definition) is 1. The molecule has 16 heavy (non-hydrogen) atoms. The van der Waals surface area contributed by atoms with Gasteiger partial charge in [-0.25, -0.2) is 0 Å². The first-order valence-corrected chi connectivity index (χ1v) is 5.88. The number of aliphatic hydroxyl groups excluding tert-OH is 1. The van der Waals surface area contributed by atoms with Crippen molar-refractivity contribution in [3.63, 3.8) is 0 Å². The van der Waals surface area contributed by atoms with Crippen molar-refractivity contribution < 1.29 is 14.6 Å². The molecule has 0 heterocycles. The number of aliphatic hydroxyl groups is 1. The van der Waals surface area contributed by atoms with Crippen molar-refractivity contribution in [3.05, 3.63) is 34.3 Å². The normalized spacial score (nSPS) is 14.2. The van der Waals surface area contributed by atoms with E-state index in [0.29, 0.717) is 6.61 Å². The Morgan fingerprint density at radius 1 is 1.44 bits per heavy atom. The summed E-state index contributed by atoms with van der Waals surface area (Å²) < 4.78 is 5.90. The van der Waals surface area contributed by atoms with Gasteiger partial charge in [0.05, 0.1) is 13.2 Å². The Bertz CT molecular complexity index is 361. The highest BCUT2D eigenvalue weighted by Crippen LogP contribution is 2.26. The molecule has 3 nitrogen and oxygen atoms in total. The third kappa shape index (κ3) is 2.62. The fourth-order valence-electron chi connectivity index (χ4n) is 1.38. The number of hydrogen-bond acceptors (Lipinski definition) is 3. The second-order valence-corrected chi connectivity index (χ2v) is 4.63. The van der Waals surface area contributed by atoms with Crippen LogP contribution in [0.15, 0.2) is 28.7 Å². The van der Waals surface area contributed by atoms with Crippen LogP contribution in [0.3, 0.4) is 0 Å². The summed E-state index contributed by atoms with van der Waals surface area (Å²) in [5, 5.41) is 9.39. The van der Waals surface area contributed by atoms with Crippen LogP contribution in [0.5, 0.6) is 0 Å². The Morgan fingerprint density at radius 2 is 2.00 bits per heavy atom. The molecular weight excluding hydrogens is 272 g/mol. The van der Waals surface area contributed by atoms with Gasteiger partial charge in [0.25, 0.3) is 0 Å². The predicted octanol–water partition coefficient (Wildman–Crippen LogP) is 2.26. The quantitative estimate of drug-likeness (QED) is 0.864. The minimum absolute atomic E-state index is 0.270. The molecule has 0 amide bonds. The molecule has 88 valence electrons. The fourth-order valence-corrected chi connectivity index (χ4v) is 1.65. The van der Waals surface area contributed by atoms with E-state index in [1.165, 1.54) is 0 Å². The Labute approximate surface area is 104 Å². The monoisotopic (exact) mass is 286 g/mol. The van der Waals surface area contributed by atoms with Crippen molar-refractivity contribution in [3.8, 4) is 0 Å². The van der Waals surface area contributed by atoms with Crippen molar-refractivity contribution in [2.24, 2.45) is 0 Å². The Balaban J connectivity index is 3.04. The number of carbonyl (C=O) groups is 1. The van der Waals surface area contributed by atoms with Crippen molar-refractivity contribution in [2.45, 2.75) is 19.3 Å². The highest BCUT2D eigenvalue weighted by molar-refractivity contribution is 9.10. The lowest BCUT2D eigenvalue weighted by atomic mass is 9.83. The van der Waals surface area contributed by atoms with Crippen molar-refractivity contribution in [1.82, 2.24) is 0 Å². The van der Waals surface area contributed by atoms with E-state index in [2.05, 4.69) is 15.9 Å². The van der Waals surface area contributed by atoms with Gasteiger partial charge in [-0.3, -0.25) is 4.79 Å². The molecule has 1 rings (SSSR count). The summed E-state index contributed by atoms with van der Waals surface area (Å²) in [4.78, 5) is 11.8. The third-order valence-corrected chi connectivity index (χ3v) is 3.05. The first-order chi connectivity index (χ1) is 7.54. The van der Waals surface area contributed by atoms with Crippen molar-refractivity contribution in [2.75, 3.05) is 13.2 Å². The first kappa shape index (κ1) is 13.2. The van der Waals surface area contributed by atoms with Crippen LogP contribution in [0, 0.1) is 0 Å². The largest absolute Gasteiger partial charge is 0.465 e. The summed E-state index contributed by atoms with van der Waals surface area (Å²) in [5.41, 5.74) is -0.242. The second kappa shape index (κ2) is 5.46. The summed E-state index contributed by atoms with van der Waals surface area (Å²) in [7, 11) is 0. The van der Waals surface area contributed by atoms with E-state index < -0.39 is 11.4 Å². The highest BCUT2D eigenvalue weighted by atomic mass is 79.9. The van der Waals surface area contributed by atoms with Crippen molar-refractivity contribution in [1.29, 1.82) is 0 Å². The molecule has 0 spiro atoms. The van der Waals surface area contributed by atoms with Gasteiger partial charge in [0.1, 0.15) is 5.41 Å². The summed E-state index contributed by atoms with van der Waals surface area (Å²) >= 11 is 3.32. The van der Waals surface area contributed by atoms with Gasteiger partial charge in [0.15, 0.2) is 0 Å². The molecule has 0 bridgehead atoms. The number of benzene rings is 1. The van der Waals surface area contributed by atoms with Gasteiger partial charge in [-0.15, -0.1) is 0 Å². The van der Waals surface area contributed by atoms with Crippen LogP contribution in [0.4, 0.5) is 0 Å². The third-order valence-electron chi connectivity index (χ3n) is 2.52. The van der Waals surface area contributed by atoms with Gasteiger partial charge in [-0.2, -0.15) is 0 Å². The Kier molecular flexibility index (Phi) is 4.50. The topological polar surface area (TPSA) is 46.5 Å². The van der Waals surface area contributed by atoms with Crippen LogP contribution >= 0.6 is 15.9 Å². The van der Waals surface area contributed by atoms with E-state index in [4.69, 9.17) is 4.74 Å². The molecule has 0 saturated carbocycles. The number of carbonyl (C=O) groups excluding carboxylic acids is 1. The maximum Gasteiger partial charge on any atom is 0.318 e. The van der Waals surface area contributed by atoms with Crippen LogP contribution in [0.25, 0.3) is 0 Å². The zero-order valence-electron chi connectivity index (χ0n) is 9.37. The van der Waals surface area contributed by atoms with Crippen LogP contribution in [0.1, 0.15) is 19.4 Å². The van der Waals surface area contributed by atoms with E-state index in [1.807, 2.05) is 12.1 Å². The SMILES string of the molecule is CCOC(=O)[C@](C)(CO)c1ccc(Br)cc1. The maximum absolute atomic E-state index is 11.8. The maximum atomic E-state index is 11.8. The minimum atomic E-state index is -0.989. The molecule has 0 aliphatic carbocycles. The van der Waals surface area contributed by atoms with Crippen LogP contribution in [-0.2, 0) is 14.9 Å². The molecular formula is C12H15BrO3. The summed E-state index contributed by atoms with van der Waals surface area (Å²) in [6.07, 6.45) is 0. The van der Waals surface area contributed by atoms with Gasteiger partial charge in [0.2, 0.25) is 0 Å². The molecule has 0 saturated heterocycles. The number of halogens is 1. The molecule has 0 fully saturated rings. The summed E-state index contributed by atoms with van der Waals surface area (Å²) in [6, 6.07) is 7.28. The summed E-state index contributed by atoms with van der Waals surface area (Å²) in [5.74, 6) is -0.403. The molecule has 0 aliphatic rings. The minimum Gasteiger partial charge on any atom is -0.465 e. The smallest absolute Gasteiger partial charge is 0.318 e. The average molecular weight is 287 g/mol. The predicted molar refractivity (Wildman–Crippen MR) is 65.2 cm³/mol. The lowest BCUT2D eigenvalue weighted by Crippen LogP contribution is -2.38. The van der Waals surface area contributed by atoms with E-state index in [-0.39, 0.29) is 6.61 Å². The number of esters is 1. The Morgan fingerprint density at radius 3 is 2.44 bits per heavy atom. The van der Waals surface area contributed by atoms with Gasteiger partial charge >= 0.3 is 5.97 Å². The van der Waals surface area contributed by atoms with E-state index in [9.17, 15) is 9.90 Å². The second-order valence-electron chi connectivity index (χ2n) is 3.72. The van der Waals surface area contributed by atoms with E-state index >= 15 is 0 Å².